The first kappa shape index (κ1) is 30.2. The number of aliphatic hydroxyl groups excluding tert-OH is 2. The smallest absolute Gasteiger partial charge is 0.126 e. The molecule has 0 amide bonds. The summed E-state index contributed by atoms with van der Waals surface area (Å²) in [7, 11) is 0. The first-order valence-corrected chi connectivity index (χ1v) is 5.45. The van der Waals surface area contributed by atoms with Crippen LogP contribution in [0.1, 0.15) is 54.4 Å². The van der Waals surface area contributed by atoms with Gasteiger partial charge in [0, 0.05) is 34.9 Å². The molecule has 4 nitrogen and oxygen atoms in total. The van der Waals surface area contributed by atoms with Crippen LogP contribution in [0.3, 0.4) is 0 Å². The maximum Gasteiger partial charge on any atom is 0.126 e. The van der Waals surface area contributed by atoms with Crippen LogP contribution in [0.15, 0.2) is 0 Å². The number of rotatable bonds is 2. The zero-order valence-corrected chi connectivity index (χ0v) is 13.6. The van der Waals surface area contributed by atoms with E-state index in [0.717, 1.165) is 12.8 Å². The van der Waals surface area contributed by atoms with Gasteiger partial charge in [-0.2, -0.15) is 0 Å². The molecule has 0 bridgehead atoms. The van der Waals surface area contributed by atoms with Crippen LogP contribution < -0.4 is 0 Å². The van der Waals surface area contributed by atoms with Gasteiger partial charge in [0.2, 0.25) is 0 Å². The molecule has 0 spiro atoms. The second-order valence-electron chi connectivity index (χ2n) is 3.26. The van der Waals surface area contributed by atoms with E-state index in [2.05, 4.69) is 0 Å². The molecule has 0 aliphatic carbocycles. The van der Waals surface area contributed by atoms with E-state index in [4.69, 9.17) is 10.2 Å². The Bertz CT molecular complexity index is 110. The maximum absolute atomic E-state index is 9.44. The number of carbonyl (C=O) groups excluding carboxylic acids is 2. The third kappa shape index (κ3) is 800. The summed E-state index contributed by atoms with van der Waals surface area (Å²) in [6.07, 6.45) is 1.75. The monoisotopic (exact) mass is 284 g/mol. The number of Topliss-reactive ketones (excluding diaryl/α,β-unsaturated/α-hetero) is 2. The van der Waals surface area contributed by atoms with Crippen molar-refractivity contribution < 1.29 is 41.5 Å². The molecule has 0 rings (SSSR count). The summed E-state index contributed by atoms with van der Waals surface area (Å²) in [5.74, 6) is 0.333. The first-order chi connectivity index (χ1) is 7.29. The zero-order valence-electron chi connectivity index (χ0n) is 12.0. The Morgan fingerprint density at radius 3 is 0.824 bits per heavy atom. The van der Waals surface area contributed by atoms with Crippen molar-refractivity contribution in [2.24, 2.45) is 0 Å². The maximum atomic E-state index is 9.44. The van der Waals surface area contributed by atoms with E-state index < -0.39 is 0 Å². The first-order valence-electron chi connectivity index (χ1n) is 5.45. The van der Waals surface area contributed by atoms with Crippen LogP contribution in [0, 0.1) is 0 Å². The third-order valence-electron chi connectivity index (χ3n) is 0.447. The Morgan fingerprint density at radius 1 is 0.765 bits per heavy atom. The SMILES string of the molecule is CC(C)=O.CC(C)=O.CCCO.CCCO.[Ti]. The summed E-state index contributed by atoms with van der Waals surface area (Å²) in [6.45, 7) is 10.6. The van der Waals surface area contributed by atoms with Gasteiger partial charge in [-0.05, 0) is 40.5 Å². The summed E-state index contributed by atoms with van der Waals surface area (Å²) in [5, 5.41) is 15.8. The molecular weight excluding hydrogens is 256 g/mol. The van der Waals surface area contributed by atoms with Crippen molar-refractivity contribution in [3.8, 4) is 0 Å². The average molecular weight is 284 g/mol. The van der Waals surface area contributed by atoms with Gasteiger partial charge < -0.3 is 19.8 Å². The molecule has 0 saturated heterocycles. The minimum absolute atomic E-state index is 0. The van der Waals surface area contributed by atoms with Gasteiger partial charge in [-0.3, -0.25) is 0 Å². The van der Waals surface area contributed by atoms with Gasteiger partial charge in [0.15, 0.2) is 0 Å². The van der Waals surface area contributed by atoms with Crippen molar-refractivity contribution in [2.75, 3.05) is 13.2 Å². The summed E-state index contributed by atoms with van der Waals surface area (Å²) in [4.78, 5) is 18.9. The summed E-state index contributed by atoms with van der Waals surface area (Å²) in [6, 6.07) is 0. The van der Waals surface area contributed by atoms with Gasteiger partial charge in [0.1, 0.15) is 11.6 Å². The van der Waals surface area contributed by atoms with Crippen LogP contribution >= 0.6 is 0 Å². The van der Waals surface area contributed by atoms with Crippen molar-refractivity contribution in [3.05, 3.63) is 0 Å². The predicted octanol–water partition coefficient (Wildman–Crippen LogP) is 1.97. The van der Waals surface area contributed by atoms with Crippen LogP contribution in [0.2, 0.25) is 0 Å². The fourth-order valence-electron chi connectivity index (χ4n) is 0. The van der Waals surface area contributed by atoms with Crippen molar-refractivity contribution in [2.45, 2.75) is 54.4 Å². The molecule has 0 aromatic rings. The van der Waals surface area contributed by atoms with Crippen LogP contribution in [0.5, 0.6) is 0 Å². The summed E-state index contributed by atoms with van der Waals surface area (Å²) < 4.78 is 0. The van der Waals surface area contributed by atoms with Crippen molar-refractivity contribution in [1.29, 1.82) is 0 Å². The third-order valence-corrected chi connectivity index (χ3v) is 0.447. The normalized spacial score (nSPS) is 6.59. The van der Waals surface area contributed by atoms with Gasteiger partial charge in [-0.1, -0.05) is 13.8 Å². The molecule has 0 aliphatic heterocycles. The van der Waals surface area contributed by atoms with E-state index in [0.29, 0.717) is 13.2 Å². The van der Waals surface area contributed by atoms with Gasteiger partial charge in [0.05, 0.1) is 0 Å². The Balaban J connectivity index is -0.0000000369. The second-order valence-corrected chi connectivity index (χ2v) is 3.26. The fourth-order valence-corrected chi connectivity index (χ4v) is 0. The molecule has 0 unspecified atom stereocenters. The van der Waals surface area contributed by atoms with Crippen LogP contribution in [0.25, 0.3) is 0 Å². The van der Waals surface area contributed by atoms with Crippen LogP contribution in [-0.2, 0) is 31.3 Å². The number of carbonyl (C=O) groups is 2. The zero-order chi connectivity index (χ0) is 14.0. The minimum Gasteiger partial charge on any atom is -0.396 e. The molecule has 0 aliphatic rings. The molecule has 0 aromatic carbocycles. The number of hydrogen-bond donors (Lipinski definition) is 2. The van der Waals surface area contributed by atoms with Crippen molar-refractivity contribution in [3.63, 3.8) is 0 Å². The largest absolute Gasteiger partial charge is 0.396 e. The fraction of sp³-hybridized carbons (Fsp3) is 0.833. The van der Waals surface area contributed by atoms with E-state index in [9.17, 15) is 9.59 Å². The van der Waals surface area contributed by atoms with E-state index in [1.807, 2.05) is 13.8 Å². The molecule has 0 fully saturated rings. The molecule has 17 heavy (non-hydrogen) atoms. The second kappa shape index (κ2) is 36.0. The van der Waals surface area contributed by atoms with Gasteiger partial charge in [-0.25, -0.2) is 0 Å². The quantitative estimate of drug-likeness (QED) is 0.760. The van der Waals surface area contributed by atoms with Crippen LogP contribution in [0.4, 0.5) is 0 Å². The molecule has 0 aromatic heterocycles. The number of aliphatic hydroxyl groups is 2. The van der Waals surface area contributed by atoms with E-state index in [-0.39, 0.29) is 33.3 Å². The Kier molecular flexibility index (Phi) is 64.0. The Hall–Kier alpha value is -0.0257. The molecule has 0 saturated carbocycles. The topological polar surface area (TPSA) is 74.6 Å². The standard InChI is InChI=1S/2C3H6O.2C3H8O.Ti/c2*1-3(2)4;2*1-2-3-4;/h2*1-2H3;2*4H,2-3H2,1H3;. The van der Waals surface area contributed by atoms with E-state index >= 15 is 0 Å². The molecule has 104 valence electrons. The molecule has 0 heterocycles. The van der Waals surface area contributed by atoms with Crippen LogP contribution in [-0.4, -0.2) is 35.0 Å². The Morgan fingerprint density at radius 2 is 0.824 bits per heavy atom. The molecule has 0 atom stereocenters. The summed E-state index contributed by atoms with van der Waals surface area (Å²) in [5.41, 5.74) is 0. The van der Waals surface area contributed by atoms with E-state index in [1.54, 1.807) is 0 Å². The Labute approximate surface area is 121 Å². The minimum atomic E-state index is 0. The van der Waals surface area contributed by atoms with Crippen molar-refractivity contribution >= 4 is 11.6 Å². The molecule has 2 N–H and O–H groups in total. The predicted molar refractivity (Wildman–Crippen MR) is 67.5 cm³/mol. The van der Waals surface area contributed by atoms with Crippen molar-refractivity contribution in [1.82, 2.24) is 0 Å². The van der Waals surface area contributed by atoms with Gasteiger partial charge in [0.25, 0.3) is 0 Å². The number of hydrogen-bond acceptors (Lipinski definition) is 4. The molecular formula is C12H28O4Ti. The molecule has 5 heteroatoms. The van der Waals surface area contributed by atoms with E-state index in [1.165, 1.54) is 27.7 Å². The average Bonchev–Trinajstić information content (AvgIpc) is 2.16. The van der Waals surface area contributed by atoms with Gasteiger partial charge in [-0.15, -0.1) is 0 Å². The number of ketones is 2. The van der Waals surface area contributed by atoms with Gasteiger partial charge >= 0.3 is 0 Å². The summed E-state index contributed by atoms with van der Waals surface area (Å²) >= 11 is 0. The molecule has 0 radical (unpaired) electrons.